The zero-order chi connectivity index (χ0) is 19.4. The number of hydrogen-bond donors (Lipinski definition) is 1. The number of amides is 1. The Bertz CT molecular complexity index is 914. The van der Waals surface area contributed by atoms with E-state index in [0.717, 1.165) is 17.1 Å². The number of hydrogen-bond acceptors (Lipinski definition) is 4. The van der Waals surface area contributed by atoms with E-state index in [-0.39, 0.29) is 11.9 Å². The molecule has 0 aliphatic rings. The summed E-state index contributed by atoms with van der Waals surface area (Å²) in [5.74, 6) is 1.06. The molecule has 1 amide bonds. The van der Waals surface area contributed by atoms with Crippen LogP contribution in [0.4, 0.5) is 0 Å². The molecule has 0 unspecified atom stereocenters. The van der Waals surface area contributed by atoms with Crippen LogP contribution in [-0.2, 0) is 4.79 Å². The monoisotopic (exact) mass is 380 g/mol. The third-order valence-corrected chi connectivity index (χ3v) is 4.95. The van der Waals surface area contributed by atoms with Gasteiger partial charge >= 0.3 is 0 Å². The highest BCUT2D eigenvalue weighted by molar-refractivity contribution is 7.99. The molecule has 1 N–H and O–H groups in total. The molecule has 0 fully saturated rings. The van der Waals surface area contributed by atoms with Gasteiger partial charge < -0.3 is 5.32 Å². The zero-order valence-corrected chi connectivity index (χ0v) is 16.9. The van der Waals surface area contributed by atoms with Gasteiger partial charge in [0, 0.05) is 17.3 Å². The highest BCUT2D eigenvalue weighted by Crippen LogP contribution is 2.28. The van der Waals surface area contributed by atoms with E-state index in [1.165, 1.54) is 22.9 Å². The van der Waals surface area contributed by atoms with Crippen molar-refractivity contribution >= 4 is 17.7 Å². The van der Waals surface area contributed by atoms with Crippen LogP contribution in [0.5, 0.6) is 0 Å². The van der Waals surface area contributed by atoms with E-state index in [1.54, 1.807) is 0 Å². The molecular formula is C21H24N4OS. The lowest BCUT2D eigenvalue weighted by molar-refractivity contribution is -0.119. The van der Waals surface area contributed by atoms with E-state index < -0.39 is 0 Å². The van der Waals surface area contributed by atoms with E-state index >= 15 is 0 Å². The lowest BCUT2D eigenvalue weighted by Crippen LogP contribution is -2.31. The minimum atomic E-state index is -0.00894. The molecule has 0 saturated heterocycles. The van der Waals surface area contributed by atoms with Gasteiger partial charge in [0.2, 0.25) is 5.91 Å². The molecule has 3 rings (SSSR count). The third kappa shape index (κ3) is 4.77. The second kappa shape index (κ2) is 8.39. The summed E-state index contributed by atoms with van der Waals surface area (Å²) in [6.07, 6.45) is 0. The first-order valence-corrected chi connectivity index (χ1v) is 9.94. The standard InChI is InChI=1S/C21H24N4OS/c1-14(2)22-19(26)13-27-21-24-23-20(17-9-5-15(3)6-10-17)25(21)18-11-7-16(4)8-12-18/h5-12,14H,13H2,1-4H3,(H,22,26). The average Bonchev–Trinajstić information content (AvgIpc) is 3.04. The Balaban J connectivity index is 1.97. The maximum atomic E-state index is 12.0. The maximum absolute atomic E-state index is 12.0. The van der Waals surface area contributed by atoms with E-state index in [2.05, 4.69) is 65.8 Å². The molecular weight excluding hydrogens is 356 g/mol. The molecule has 0 saturated carbocycles. The smallest absolute Gasteiger partial charge is 0.230 e. The van der Waals surface area contributed by atoms with Crippen LogP contribution in [0.1, 0.15) is 25.0 Å². The summed E-state index contributed by atoms with van der Waals surface area (Å²) < 4.78 is 2.01. The van der Waals surface area contributed by atoms with Crippen LogP contribution in [0.25, 0.3) is 17.1 Å². The number of nitrogens with one attached hydrogen (secondary N) is 1. The molecule has 0 atom stereocenters. The fourth-order valence-corrected chi connectivity index (χ4v) is 3.44. The fraction of sp³-hybridized carbons (Fsp3) is 0.286. The highest BCUT2D eigenvalue weighted by atomic mass is 32.2. The molecule has 0 radical (unpaired) electrons. The molecule has 5 nitrogen and oxygen atoms in total. The van der Waals surface area contributed by atoms with Crippen molar-refractivity contribution in [3.63, 3.8) is 0 Å². The first kappa shape index (κ1) is 19.2. The quantitative estimate of drug-likeness (QED) is 0.652. The second-order valence-corrected chi connectivity index (χ2v) is 7.80. The number of rotatable bonds is 6. The van der Waals surface area contributed by atoms with Crippen LogP contribution < -0.4 is 5.32 Å². The van der Waals surface area contributed by atoms with Gasteiger partial charge in [-0.05, 0) is 39.8 Å². The van der Waals surface area contributed by atoms with Crippen molar-refractivity contribution in [3.05, 3.63) is 59.7 Å². The van der Waals surface area contributed by atoms with E-state index in [9.17, 15) is 4.79 Å². The predicted octanol–water partition coefficient (Wildman–Crippen LogP) is 4.17. The molecule has 0 aliphatic carbocycles. The molecule has 1 aromatic heterocycles. The number of carbonyl (C=O) groups excluding carboxylic acids is 1. The lowest BCUT2D eigenvalue weighted by atomic mass is 10.1. The maximum Gasteiger partial charge on any atom is 0.230 e. The number of aryl methyl sites for hydroxylation is 2. The Kier molecular flexibility index (Phi) is 5.96. The van der Waals surface area contributed by atoms with Crippen molar-refractivity contribution in [1.82, 2.24) is 20.1 Å². The molecule has 140 valence electrons. The van der Waals surface area contributed by atoms with Crippen LogP contribution in [0, 0.1) is 13.8 Å². The van der Waals surface area contributed by atoms with Crippen LogP contribution >= 0.6 is 11.8 Å². The molecule has 0 bridgehead atoms. The van der Waals surface area contributed by atoms with Gasteiger partial charge in [0.25, 0.3) is 0 Å². The number of benzene rings is 2. The molecule has 6 heteroatoms. The topological polar surface area (TPSA) is 59.8 Å². The normalized spacial score (nSPS) is 11.0. The van der Waals surface area contributed by atoms with Crippen LogP contribution in [0.3, 0.4) is 0 Å². The van der Waals surface area contributed by atoms with Crippen molar-refractivity contribution < 1.29 is 4.79 Å². The second-order valence-electron chi connectivity index (χ2n) is 6.85. The minimum Gasteiger partial charge on any atom is -0.353 e. The van der Waals surface area contributed by atoms with Crippen molar-refractivity contribution in [1.29, 1.82) is 0 Å². The summed E-state index contributed by atoms with van der Waals surface area (Å²) in [6, 6.07) is 16.6. The Morgan fingerprint density at radius 3 is 2.19 bits per heavy atom. The van der Waals surface area contributed by atoms with Gasteiger partial charge in [-0.15, -0.1) is 10.2 Å². The Morgan fingerprint density at radius 2 is 1.59 bits per heavy atom. The summed E-state index contributed by atoms with van der Waals surface area (Å²) in [4.78, 5) is 12.0. The van der Waals surface area contributed by atoms with Crippen molar-refractivity contribution in [2.45, 2.75) is 38.9 Å². The van der Waals surface area contributed by atoms with Crippen LogP contribution in [0.15, 0.2) is 53.7 Å². The van der Waals surface area contributed by atoms with Gasteiger partial charge in [-0.1, -0.05) is 59.3 Å². The molecule has 0 aliphatic heterocycles. The summed E-state index contributed by atoms with van der Waals surface area (Å²) >= 11 is 1.39. The first-order chi connectivity index (χ1) is 12.9. The molecule has 3 aromatic rings. The third-order valence-electron chi connectivity index (χ3n) is 4.02. The fourth-order valence-electron chi connectivity index (χ4n) is 2.67. The average molecular weight is 381 g/mol. The summed E-state index contributed by atoms with van der Waals surface area (Å²) in [7, 11) is 0. The number of nitrogens with zero attached hydrogens (tertiary/aromatic N) is 3. The minimum absolute atomic E-state index is 0.00894. The van der Waals surface area contributed by atoms with Crippen molar-refractivity contribution in [2.24, 2.45) is 0 Å². The van der Waals surface area contributed by atoms with Crippen LogP contribution in [0.2, 0.25) is 0 Å². The van der Waals surface area contributed by atoms with Gasteiger partial charge in [-0.25, -0.2) is 0 Å². The molecule has 1 heterocycles. The Morgan fingerprint density at radius 1 is 1.00 bits per heavy atom. The number of aromatic nitrogens is 3. The Hall–Kier alpha value is -2.60. The Labute approximate surface area is 164 Å². The van der Waals surface area contributed by atoms with E-state index in [1.807, 2.05) is 30.5 Å². The van der Waals surface area contributed by atoms with Crippen molar-refractivity contribution in [3.8, 4) is 17.1 Å². The predicted molar refractivity (Wildman–Crippen MR) is 110 cm³/mol. The lowest BCUT2D eigenvalue weighted by Gasteiger charge is -2.11. The highest BCUT2D eigenvalue weighted by Gasteiger charge is 2.17. The molecule has 27 heavy (non-hydrogen) atoms. The number of thioether (sulfide) groups is 1. The van der Waals surface area contributed by atoms with Gasteiger partial charge in [0.05, 0.1) is 5.75 Å². The number of carbonyl (C=O) groups is 1. The van der Waals surface area contributed by atoms with E-state index in [0.29, 0.717) is 10.9 Å². The van der Waals surface area contributed by atoms with Gasteiger partial charge in [0.15, 0.2) is 11.0 Å². The molecule has 0 spiro atoms. The van der Waals surface area contributed by atoms with Gasteiger partial charge in [-0.2, -0.15) is 0 Å². The summed E-state index contributed by atoms with van der Waals surface area (Å²) in [5, 5.41) is 12.4. The summed E-state index contributed by atoms with van der Waals surface area (Å²) in [6.45, 7) is 8.02. The van der Waals surface area contributed by atoms with E-state index in [4.69, 9.17) is 0 Å². The van der Waals surface area contributed by atoms with Gasteiger partial charge in [0.1, 0.15) is 0 Å². The summed E-state index contributed by atoms with van der Waals surface area (Å²) in [5.41, 5.74) is 4.36. The molecule has 2 aromatic carbocycles. The van der Waals surface area contributed by atoms with Gasteiger partial charge in [-0.3, -0.25) is 9.36 Å². The zero-order valence-electron chi connectivity index (χ0n) is 16.1. The largest absolute Gasteiger partial charge is 0.353 e. The SMILES string of the molecule is Cc1ccc(-c2nnc(SCC(=O)NC(C)C)n2-c2ccc(C)cc2)cc1. The van der Waals surface area contributed by atoms with Crippen LogP contribution in [-0.4, -0.2) is 32.5 Å². The van der Waals surface area contributed by atoms with Crippen molar-refractivity contribution in [2.75, 3.05) is 5.75 Å². The first-order valence-electron chi connectivity index (χ1n) is 8.95.